The van der Waals surface area contributed by atoms with Gasteiger partial charge < -0.3 is 10.2 Å². The van der Waals surface area contributed by atoms with Crippen LogP contribution < -0.4 is 5.32 Å². The van der Waals surface area contributed by atoms with Gasteiger partial charge in [-0.05, 0) is 65.2 Å². The molecular formula is C11H22N2. The Morgan fingerprint density at radius 3 is 2.54 bits per heavy atom. The summed E-state index contributed by atoms with van der Waals surface area (Å²) in [6, 6.07) is 0. The summed E-state index contributed by atoms with van der Waals surface area (Å²) in [7, 11) is 0. The van der Waals surface area contributed by atoms with Crippen LogP contribution in [0.2, 0.25) is 0 Å². The molecular weight excluding hydrogens is 160 g/mol. The number of hydrogen-bond donors (Lipinski definition) is 1. The maximum atomic E-state index is 3.63. The Morgan fingerprint density at radius 1 is 1.23 bits per heavy atom. The minimum atomic E-state index is 0.533. The Balaban J connectivity index is 1.48. The summed E-state index contributed by atoms with van der Waals surface area (Å²) in [4.78, 5) is 2.59. The molecule has 2 aliphatic rings. The molecule has 0 radical (unpaired) electrons. The van der Waals surface area contributed by atoms with Gasteiger partial charge in [0.1, 0.15) is 0 Å². The fourth-order valence-electron chi connectivity index (χ4n) is 2.06. The summed E-state index contributed by atoms with van der Waals surface area (Å²) in [5, 5.41) is 3.63. The van der Waals surface area contributed by atoms with Crippen molar-refractivity contribution in [3.05, 3.63) is 0 Å². The lowest BCUT2D eigenvalue weighted by atomic mass is 10.3. The average Bonchev–Trinajstić information content (AvgIpc) is 2.69. The van der Waals surface area contributed by atoms with Gasteiger partial charge in [0, 0.05) is 5.54 Å². The van der Waals surface area contributed by atoms with Gasteiger partial charge in [-0.1, -0.05) is 0 Å². The first-order valence-corrected chi connectivity index (χ1v) is 5.76. The second-order valence-corrected chi connectivity index (χ2v) is 4.89. The lowest BCUT2D eigenvalue weighted by Crippen LogP contribution is -2.31. The van der Waals surface area contributed by atoms with Gasteiger partial charge in [0.15, 0.2) is 0 Å². The highest BCUT2D eigenvalue weighted by Crippen LogP contribution is 2.33. The number of rotatable bonds is 5. The van der Waals surface area contributed by atoms with Crippen LogP contribution in [-0.4, -0.2) is 36.6 Å². The molecule has 0 amide bonds. The predicted octanol–water partition coefficient (Wildman–Crippen LogP) is 1.61. The zero-order valence-electron chi connectivity index (χ0n) is 8.81. The van der Waals surface area contributed by atoms with Crippen molar-refractivity contribution in [2.24, 2.45) is 0 Å². The molecule has 0 bridgehead atoms. The van der Waals surface area contributed by atoms with Crippen LogP contribution >= 0.6 is 0 Å². The van der Waals surface area contributed by atoms with Gasteiger partial charge in [0.2, 0.25) is 0 Å². The molecule has 2 nitrogen and oxygen atoms in total. The second-order valence-electron chi connectivity index (χ2n) is 4.89. The molecule has 1 saturated carbocycles. The predicted molar refractivity (Wildman–Crippen MR) is 55.9 cm³/mol. The molecule has 1 heterocycles. The average molecular weight is 182 g/mol. The number of hydrogen-bond acceptors (Lipinski definition) is 2. The zero-order chi connectivity index (χ0) is 9.15. The minimum Gasteiger partial charge on any atom is -0.311 e. The zero-order valence-corrected chi connectivity index (χ0v) is 8.81. The summed E-state index contributed by atoms with van der Waals surface area (Å²) in [5.41, 5.74) is 0.533. The molecule has 76 valence electrons. The van der Waals surface area contributed by atoms with E-state index in [1.807, 2.05) is 0 Å². The lowest BCUT2D eigenvalue weighted by molar-refractivity contribution is 0.327. The SMILES string of the molecule is CC1(NCCCN2CCCC2)CC1. The van der Waals surface area contributed by atoms with Crippen LogP contribution in [0.1, 0.15) is 39.0 Å². The van der Waals surface area contributed by atoms with Crippen LogP contribution in [0.3, 0.4) is 0 Å². The van der Waals surface area contributed by atoms with E-state index >= 15 is 0 Å². The topological polar surface area (TPSA) is 15.3 Å². The van der Waals surface area contributed by atoms with Gasteiger partial charge in [0.05, 0.1) is 0 Å². The van der Waals surface area contributed by atoms with Crippen molar-refractivity contribution >= 4 is 0 Å². The van der Waals surface area contributed by atoms with Crippen molar-refractivity contribution in [3.8, 4) is 0 Å². The maximum absolute atomic E-state index is 3.63. The van der Waals surface area contributed by atoms with Crippen molar-refractivity contribution in [2.75, 3.05) is 26.2 Å². The highest BCUT2D eigenvalue weighted by molar-refractivity contribution is 4.97. The summed E-state index contributed by atoms with van der Waals surface area (Å²) in [5.74, 6) is 0. The largest absolute Gasteiger partial charge is 0.311 e. The van der Waals surface area contributed by atoms with Crippen molar-refractivity contribution in [2.45, 2.75) is 44.6 Å². The van der Waals surface area contributed by atoms with Gasteiger partial charge in [-0.3, -0.25) is 0 Å². The van der Waals surface area contributed by atoms with Gasteiger partial charge in [-0.2, -0.15) is 0 Å². The van der Waals surface area contributed by atoms with Crippen LogP contribution in [0.5, 0.6) is 0 Å². The van der Waals surface area contributed by atoms with Gasteiger partial charge in [-0.25, -0.2) is 0 Å². The molecule has 2 heteroatoms. The van der Waals surface area contributed by atoms with Crippen molar-refractivity contribution in [1.29, 1.82) is 0 Å². The molecule has 0 aromatic rings. The Hall–Kier alpha value is -0.0800. The second kappa shape index (κ2) is 3.97. The lowest BCUT2D eigenvalue weighted by Gasteiger charge is -2.16. The van der Waals surface area contributed by atoms with Crippen molar-refractivity contribution in [1.82, 2.24) is 10.2 Å². The highest BCUT2D eigenvalue weighted by atomic mass is 15.1. The maximum Gasteiger partial charge on any atom is 0.0154 e. The molecule has 1 N–H and O–H groups in total. The van der Waals surface area contributed by atoms with E-state index in [0.717, 1.165) is 0 Å². The molecule has 1 saturated heterocycles. The highest BCUT2D eigenvalue weighted by Gasteiger charge is 2.35. The fourth-order valence-corrected chi connectivity index (χ4v) is 2.06. The van der Waals surface area contributed by atoms with Gasteiger partial charge in [0.25, 0.3) is 0 Å². The monoisotopic (exact) mass is 182 g/mol. The quantitative estimate of drug-likeness (QED) is 0.650. The van der Waals surface area contributed by atoms with E-state index in [1.165, 1.54) is 58.3 Å². The van der Waals surface area contributed by atoms with E-state index in [2.05, 4.69) is 17.1 Å². The first-order chi connectivity index (χ1) is 6.29. The van der Waals surface area contributed by atoms with Gasteiger partial charge in [-0.15, -0.1) is 0 Å². The van der Waals surface area contributed by atoms with Crippen LogP contribution in [0.15, 0.2) is 0 Å². The van der Waals surface area contributed by atoms with E-state index in [9.17, 15) is 0 Å². The van der Waals surface area contributed by atoms with Crippen LogP contribution in [0.25, 0.3) is 0 Å². The molecule has 13 heavy (non-hydrogen) atoms. The standard InChI is InChI=1S/C11H22N2/c1-11(5-6-11)12-7-4-10-13-8-2-3-9-13/h12H,2-10H2,1H3. The molecule has 1 aliphatic carbocycles. The van der Waals surface area contributed by atoms with Crippen LogP contribution in [0.4, 0.5) is 0 Å². The molecule has 1 aliphatic heterocycles. The molecule has 0 aromatic heterocycles. The van der Waals surface area contributed by atoms with E-state index in [0.29, 0.717) is 5.54 Å². The molecule has 2 rings (SSSR count). The minimum absolute atomic E-state index is 0.533. The van der Waals surface area contributed by atoms with Crippen LogP contribution in [0, 0.1) is 0 Å². The molecule has 0 atom stereocenters. The van der Waals surface area contributed by atoms with Gasteiger partial charge >= 0.3 is 0 Å². The number of likely N-dealkylation sites (tertiary alicyclic amines) is 1. The molecule has 2 fully saturated rings. The molecule has 0 aromatic carbocycles. The summed E-state index contributed by atoms with van der Waals surface area (Å²) >= 11 is 0. The third-order valence-corrected chi connectivity index (χ3v) is 3.40. The van der Waals surface area contributed by atoms with Crippen molar-refractivity contribution in [3.63, 3.8) is 0 Å². The Kier molecular flexibility index (Phi) is 2.89. The Morgan fingerprint density at radius 2 is 1.92 bits per heavy atom. The normalized spacial score (nSPS) is 26.5. The molecule has 0 unspecified atom stereocenters. The third kappa shape index (κ3) is 2.96. The summed E-state index contributed by atoms with van der Waals surface area (Å²) in [6.45, 7) is 7.55. The third-order valence-electron chi connectivity index (χ3n) is 3.40. The smallest absolute Gasteiger partial charge is 0.0154 e. The Labute approximate surface area is 81.7 Å². The number of nitrogens with zero attached hydrogens (tertiary/aromatic N) is 1. The first-order valence-electron chi connectivity index (χ1n) is 5.76. The van der Waals surface area contributed by atoms with E-state index < -0.39 is 0 Å². The fraction of sp³-hybridized carbons (Fsp3) is 1.00. The van der Waals surface area contributed by atoms with Crippen LogP contribution in [-0.2, 0) is 0 Å². The molecule has 0 spiro atoms. The van der Waals surface area contributed by atoms with Crippen molar-refractivity contribution < 1.29 is 0 Å². The van der Waals surface area contributed by atoms with E-state index in [-0.39, 0.29) is 0 Å². The van der Waals surface area contributed by atoms with E-state index in [4.69, 9.17) is 0 Å². The number of nitrogens with one attached hydrogen (secondary N) is 1. The first kappa shape index (κ1) is 9.47. The summed E-state index contributed by atoms with van der Waals surface area (Å²) < 4.78 is 0. The summed E-state index contributed by atoms with van der Waals surface area (Å²) in [6.07, 6.45) is 6.94. The van der Waals surface area contributed by atoms with E-state index in [1.54, 1.807) is 0 Å². The Bertz CT molecular complexity index is 157.